The summed E-state index contributed by atoms with van der Waals surface area (Å²) in [6, 6.07) is -1.39. The summed E-state index contributed by atoms with van der Waals surface area (Å²) in [6.07, 6.45) is 10.1. The van der Waals surface area contributed by atoms with Crippen molar-refractivity contribution in [2.75, 3.05) is 19.8 Å². The Morgan fingerprint density at radius 1 is 1.23 bits per heavy atom. The number of hydrogen-bond donors (Lipinski definition) is 1. The van der Waals surface area contributed by atoms with E-state index in [4.69, 9.17) is 9.47 Å². The molecule has 4 fully saturated rings. The molecule has 218 valence electrons. The van der Waals surface area contributed by atoms with E-state index in [1.165, 1.54) is 0 Å². The predicted octanol–water partition coefficient (Wildman–Crippen LogP) is 3.87. The Morgan fingerprint density at radius 3 is 2.51 bits per heavy atom. The Bertz CT molecular complexity index is 961. The fourth-order valence-corrected chi connectivity index (χ4v) is 7.97. The van der Waals surface area contributed by atoms with E-state index in [1.807, 2.05) is 32.6 Å². The first-order valence-electron chi connectivity index (χ1n) is 14.9. The van der Waals surface area contributed by atoms with Crippen LogP contribution >= 0.6 is 0 Å². The van der Waals surface area contributed by atoms with Gasteiger partial charge < -0.3 is 24.4 Å². The third kappa shape index (κ3) is 4.96. The van der Waals surface area contributed by atoms with Gasteiger partial charge in [-0.25, -0.2) is 0 Å². The second kappa shape index (κ2) is 11.7. The van der Waals surface area contributed by atoms with Gasteiger partial charge in [-0.2, -0.15) is 0 Å². The lowest BCUT2D eigenvalue weighted by atomic mass is 9.62. The molecule has 1 spiro atoms. The lowest BCUT2D eigenvalue weighted by molar-refractivity contribution is -0.164. The van der Waals surface area contributed by atoms with E-state index in [0.29, 0.717) is 25.8 Å². The van der Waals surface area contributed by atoms with E-state index >= 15 is 0 Å². The number of rotatable bonds is 12. The molecule has 1 saturated carbocycles. The maximum atomic E-state index is 14.7. The molecule has 0 aromatic rings. The van der Waals surface area contributed by atoms with Crippen molar-refractivity contribution in [2.24, 2.45) is 23.7 Å². The molecular formula is C31H48N2O6. The van der Waals surface area contributed by atoms with Crippen molar-refractivity contribution in [1.82, 2.24) is 9.80 Å². The molecule has 0 radical (unpaired) electrons. The third-order valence-electron chi connectivity index (χ3n) is 9.78. The Kier molecular flexibility index (Phi) is 8.96. The van der Waals surface area contributed by atoms with Crippen LogP contribution < -0.4 is 0 Å². The number of fused-ring (bicyclic) bond motifs is 1. The van der Waals surface area contributed by atoms with Gasteiger partial charge in [-0.3, -0.25) is 14.4 Å². The van der Waals surface area contributed by atoms with Crippen molar-refractivity contribution in [3.63, 3.8) is 0 Å². The van der Waals surface area contributed by atoms with Crippen LogP contribution in [-0.2, 0) is 23.9 Å². The molecule has 7 atom stereocenters. The van der Waals surface area contributed by atoms with Crippen molar-refractivity contribution in [1.29, 1.82) is 0 Å². The van der Waals surface area contributed by atoms with E-state index in [9.17, 15) is 19.5 Å². The maximum absolute atomic E-state index is 14.7. The lowest BCUT2D eigenvalue weighted by Gasteiger charge is -2.42. The molecule has 0 aromatic carbocycles. The molecule has 0 aromatic heterocycles. The molecular weight excluding hydrogens is 496 g/mol. The monoisotopic (exact) mass is 544 g/mol. The molecule has 3 unspecified atom stereocenters. The summed E-state index contributed by atoms with van der Waals surface area (Å²) in [7, 11) is 0. The van der Waals surface area contributed by atoms with E-state index < -0.39 is 41.1 Å². The van der Waals surface area contributed by atoms with Gasteiger partial charge in [0.25, 0.3) is 0 Å². The van der Waals surface area contributed by atoms with Crippen molar-refractivity contribution in [2.45, 2.75) is 108 Å². The highest BCUT2D eigenvalue weighted by molar-refractivity contribution is 5.99. The number of amides is 2. The second-order valence-corrected chi connectivity index (χ2v) is 12.7. The second-order valence-electron chi connectivity index (χ2n) is 12.7. The van der Waals surface area contributed by atoms with Gasteiger partial charge in [0.2, 0.25) is 11.8 Å². The molecule has 1 N–H and O–H groups in total. The summed E-state index contributed by atoms with van der Waals surface area (Å²) >= 11 is 0. The zero-order valence-corrected chi connectivity index (χ0v) is 24.3. The molecule has 4 rings (SSSR count). The summed E-state index contributed by atoms with van der Waals surface area (Å²) < 4.78 is 12.5. The summed E-state index contributed by atoms with van der Waals surface area (Å²) in [4.78, 5) is 46.2. The van der Waals surface area contributed by atoms with Crippen molar-refractivity contribution in [3.05, 3.63) is 25.3 Å². The molecule has 3 heterocycles. The molecule has 8 heteroatoms. The standard InChI is InChI=1S/C31H48N2O6/c1-7-9-16-38-29(37)25-24-27(35)33(23(19-34)17-20(3)4)26(31(24)18-21(5)30(25,6)39-31)28(36)32(15-8-2)22-13-11-10-12-14-22/h7-8,20-26,34H,1-2,9-19H2,3-6H3/t21?,23-,24+,25-,26?,30+,31?/m1/s1. The van der Waals surface area contributed by atoms with Crippen LogP contribution in [0.5, 0.6) is 0 Å². The average Bonchev–Trinajstić information content (AvgIpc) is 3.42. The molecule has 2 bridgehead atoms. The van der Waals surface area contributed by atoms with Crippen LogP contribution in [0.3, 0.4) is 0 Å². The smallest absolute Gasteiger partial charge is 0.312 e. The number of carbonyl (C=O) groups excluding carboxylic acids is 3. The highest BCUT2D eigenvalue weighted by atomic mass is 16.6. The fraction of sp³-hybridized carbons (Fsp3) is 0.774. The van der Waals surface area contributed by atoms with E-state index in [0.717, 1.165) is 32.1 Å². The first-order valence-corrected chi connectivity index (χ1v) is 14.9. The maximum Gasteiger partial charge on any atom is 0.312 e. The number of likely N-dealkylation sites (tertiary alicyclic amines) is 1. The minimum atomic E-state index is -1.15. The molecule has 8 nitrogen and oxygen atoms in total. The Balaban J connectivity index is 1.80. The Hall–Kier alpha value is -2.19. The average molecular weight is 545 g/mol. The first kappa shape index (κ1) is 29.8. The number of esters is 1. The lowest BCUT2D eigenvalue weighted by Crippen LogP contribution is -2.60. The molecule has 1 aliphatic carbocycles. The number of aliphatic hydroxyl groups excluding tert-OH is 1. The zero-order chi connectivity index (χ0) is 28.5. The number of carbonyl (C=O) groups is 3. The van der Waals surface area contributed by atoms with Crippen LogP contribution in [0, 0.1) is 23.7 Å². The van der Waals surface area contributed by atoms with Crippen LogP contribution in [0.25, 0.3) is 0 Å². The van der Waals surface area contributed by atoms with E-state index in [1.54, 1.807) is 17.1 Å². The van der Waals surface area contributed by atoms with E-state index in [2.05, 4.69) is 13.2 Å². The van der Waals surface area contributed by atoms with Crippen LogP contribution in [0.15, 0.2) is 25.3 Å². The summed E-state index contributed by atoms with van der Waals surface area (Å²) in [6.45, 7) is 15.9. The highest BCUT2D eigenvalue weighted by Crippen LogP contribution is 2.66. The van der Waals surface area contributed by atoms with Crippen molar-refractivity contribution in [3.8, 4) is 0 Å². The van der Waals surface area contributed by atoms with Gasteiger partial charge in [0.05, 0.1) is 30.8 Å². The number of ether oxygens (including phenoxy) is 2. The van der Waals surface area contributed by atoms with Crippen LogP contribution in [0.4, 0.5) is 0 Å². The van der Waals surface area contributed by atoms with Crippen LogP contribution in [0.2, 0.25) is 0 Å². The fourth-order valence-electron chi connectivity index (χ4n) is 7.97. The van der Waals surface area contributed by atoms with Crippen molar-refractivity contribution >= 4 is 17.8 Å². The normalized spacial score (nSPS) is 34.7. The largest absolute Gasteiger partial charge is 0.465 e. The van der Waals surface area contributed by atoms with Gasteiger partial charge in [0.15, 0.2) is 0 Å². The summed E-state index contributed by atoms with van der Waals surface area (Å²) in [5.41, 5.74) is -2.07. The molecule has 4 aliphatic rings. The Morgan fingerprint density at radius 2 is 1.92 bits per heavy atom. The minimum Gasteiger partial charge on any atom is -0.465 e. The topological polar surface area (TPSA) is 96.4 Å². The van der Waals surface area contributed by atoms with Gasteiger partial charge in [0, 0.05) is 12.6 Å². The number of aliphatic hydroxyl groups is 1. The third-order valence-corrected chi connectivity index (χ3v) is 9.78. The minimum absolute atomic E-state index is 0.0611. The zero-order valence-electron chi connectivity index (χ0n) is 24.3. The molecule has 3 saturated heterocycles. The van der Waals surface area contributed by atoms with E-state index in [-0.39, 0.29) is 42.9 Å². The summed E-state index contributed by atoms with van der Waals surface area (Å²) in [5.74, 6) is -2.41. The number of hydrogen-bond acceptors (Lipinski definition) is 6. The van der Waals surface area contributed by atoms with Crippen LogP contribution in [0.1, 0.15) is 79.1 Å². The number of nitrogens with zero attached hydrogens (tertiary/aromatic N) is 2. The molecule has 3 aliphatic heterocycles. The summed E-state index contributed by atoms with van der Waals surface area (Å²) in [5, 5.41) is 10.5. The van der Waals surface area contributed by atoms with Gasteiger partial charge in [0.1, 0.15) is 17.6 Å². The van der Waals surface area contributed by atoms with Gasteiger partial charge in [-0.1, -0.05) is 52.2 Å². The quantitative estimate of drug-likeness (QED) is 0.228. The van der Waals surface area contributed by atoms with Gasteiger partial charge in [-0.15, -0.1) is 13.2 Å². The molecule has 2 amide bonds. The molecule has 39 heavy (non-hydrogen) atoms. The SMILES string of the molecule is C=CCCOC(=O)[C@H]1[C@H]2C(=O)N([C@@H](CO)CC(C)C)C(C(=O)N(CC=C)C3CCCCC3)C23CC(C)[C@]1(C)O3. The van der Waals surface area contributed by atoms with Gasteiger partial charge >= 0.3 is 5.97 Å². The van der Waals surface area contributed by atoms with Crippen molar-refractivity contribution < 1.29 is 29.0 Å². The van der Waals surface area contributed by atoms with Gasteiger partial charge in [-0.05, 0) is 50.9 Å². The predicted molar refractivity (Wildman–Crippen MR) is 149 cm³/mol. The Labute approximate surface area is 233 Å². The first-order chi connectivity index (χ1) is 18.6. The highest BCUT2D eigenvalue weighted by Gasteiger charge is 2.80. The van der Waals surface area contributed by atoms with Crippen LogP contribution in [-0.4, -0.2) is 81.8 Å².